The minimum Gasteiger partial charge on any atom is -0.507 e. The van der Waals surface area contributed by atoms with Gasteiger partial charge in [-0.15, -0.1) is 0 Å². The Morgan fingerprint density at radius 1 is 1.19 bits per heavy atom. The molecule has 2 aliphatic heterocycles. The van der Waals surface area contributed by atoms with Gasteiger partial charge in [0, 0.05) is 18.5 Å². The van der Waals surface area contributed by atoms with Crippen molar-refractivity contribution < 1.29 is 19.4 Å². The number of hydrogen-bond acceptors (Lipinski definition) is 4. The lowest BCUT2D eigenvalue weighted by molar-refractivity contribution is -0.138. The number of amides is 2. The molecule has 2 heterocycles. The predicted octanol–water partition coefficient (Wildman–Crippen LogP) is 4.96. The van der Waals surface area contributed by atoms with E-state index >= 15 is 0 Å². The van der Waals surface area contributed by atoms with Crippen LogP contribution in [-0.2, 0) is 14.3 Å². The molecule has 0 aromatic heterocycles. The number of hydrogen-bond donors (Lipinski definition) is 1. The first kappa shape index (κ1) is 22.8. The summed E-state index contributed by atoms with van der Waals surface area (Å²) in [6.45, 7) is 7.05. The molecule has 0 bridgehead atoms. The zero-order valence-corrected chi connectivity index (χ0v) is 19.6. The summed E-state index contributed by atoms with van der Waals surface area (Å²) in [5.74, 6) is 0.0966. The average molecular weight is 438 g/mol. The van der Waals surface area contributed by atoms with Crippen molar-refractivity contribution in [1.29, 1.82) is 0 Å². The Balaban J connectivity index is 1.58. The Hall–Kier alpha value is -2.40. The zero-order valence-electron chi connectivity index (χ0n) is 19.6. The highest BCUT2D eigenvalue weighted by Crippen LogP contribution is 2.51. The third-order valence-corrected chi connectivity index (χ3v) is 7.46. The van der Waals surface area contributed by atoms with Crippen LogP contribution < -0.4 is 0 Å². The van der Waals surface area contributed by atoms with Gasteiger partial charge in [0.1, 0.15) is 5.75 Å². The van der Waals surface area contributed by atoms with Gasteiger partial charge in [-0.3, -0.25) is 14.5 Å². The number of nitrogens with zero attached hydrogens (tertiary/aromatic N) is 1. The SMILES string of the molecule is CCC/C(=C\c1ccccc1O)CC[C@H]1OC[C@H]2C1=C(C(C)C)C[C@H]1C(=O)N(C)C(=O)[C@H]12. The minimum atomic E-state index is -0.262. The van der Waals surface area contributed by atoms with Crippen molar-refractivity contribution in [3.63, 3.8) is 0 Å². The van der Waals surface area contributed by atoms with Crippen LogP contribution in [0.5, 0.6) is 5.75 Å². The molecule has 4 atom stereocenters. The number of imide groups is 1. The van der Waals surface area contributed by atoms with Gasteiger partial charge in [-0.1, -0.05) is 62.6 Å². The summed E-state index contributed by atoms with van der Waals surface area (Å²) in [6.07, 6.45) is 6.54. The molecule has 0 unspecified atom stereocenters. The number of ether oxygens (including phenoxy) is 1. The maximum Gasteiger partial charge on any atom is 0.233 e. The lowest BCUT2D eigenvalue weighted by Crippen LogP contribution is -2.34. The van der Waals surface area contributed by atoms with Crippen LogP contribution in [0, 0.1) is 23.7 Å². The van der Waals surface area contributed by atoms with Crippen molar-refractivity contribution in [3.8, 4) is 5.75 Å². The molecule has 0 spiro atoms. The topological polar surface area (TPSA) is 66.8 Å². The maximum absolute atomic E-state index is 12.9. The van der Waals surface area contributed by atoms with E-state index < -0.39 is 0 Å². The Kier molecular flexibility index (Phi) is 6.57. The number of allylic oxidation sites excluding steroid dienone is 2. The van der Waals surface area contributed by atoms with E-state index in [0.29, 0.717) is 24.7 Å². The van der Waals surface area contributed by atoms with Crippen LogP contribution in [0.1, 0.15) is 58.4 Å². The second kappa shape index (κ2) is 9.22. The third-order valence-electron chi connectivity index (χ3n) is 7.46. The molecule has 5 heteroatoms. The number of phenols is 1. The van der Waals surface area contributed by atoms with E-state index in [-0.39, 0.29) is 35.7 Å². The van der Waals surface area contributed by atoms with E-state index in [1.165, 1.54) is 21.6 Å². The van der Waals surface area contributed by atoms with E-state index in [2.05, 4.69) is 26.8 Å². The van der Waals surface area contributed by atoms with Crippen LogP contribution in [0.25, 0.3) is 6.08 Å². The molecule has 1 aliphatic carbocycles. The molecular weight excluding hydrogens is 402 g/mol. The normalized spacial score (nSPS) is 28.0. The molecule has 172 valence electrons. The number of carbonyl (C=O) groups excluding carboxylic acids is 2. The van der Waals surface area contributed by atoms with Crippen LogP contribution >= 0.6 is 0 Å². The van der Waals surface area contributed by atoms with Gasteiger partial charge >= 0.3 is 0 Å². The van der Waals surface area contributed by atoms with Crippen molar-refractivity contribution in [1.82, 2.24) is 4.90 Å². The third kappa shape index (κ3) is 4.03. The maximum atomic E-state index is 12.9. The second-order valence-corrected chi connectivity index (χ2v) is 9.79. The molecule has 1 aromatic rings. The van der Waals surface area contributed by atoms with E-state index in [1.807, 2.05) is 18.2 Å². The fraction of sp³-hybridized carbons (Fsp3) is 0.556. The monoisotopic (exact) mass is 437 g/mol. The van der Waals surface area contributed by atoms with Crippen LogP contribution in [0.2, 0.25) is 0 Å². The first-order chi connectivity index (χ1) is 15.3. The Morgan fingerprint density at radius 3 is 2.62 bits per heavy atom. The molecule has 2 amide bonds. The standard InChI is InChI=1S/C27H35NO4/c1-5-8-17(13-18-9-6-7-10-22(18)29)11-12-23-24-19(16(2)3)14-20-25(21(24)15-32-23)27(31)28(4)26(20)30/h6-7,9-10,13,16,20-21,23,25,29H,5,8,11-12,14-15H2,1-4H3/b17-13+/t20-,21+,23-,25-/m1/s1. The van der Waals surface area contributed by atoms with E-state index in [0.717, 1.165) is 31.2 Å². The van der Waals surface area contributed by atoms with E-state index in [4.69, 9.17) is 4.74 Å². The summed E-state index contributed by atoms with van der Waals surface area (Å²) in [7, 11) is 1.62. The van der Waals surface area contributed by atoms with Gasteiger partial charge in [-0.25, -0.2) is 0 Å². The molecule has 4 rings (SSSR count). The van der Waals surface area contributed by atoms with Crippen LogP contribution in [-0.4, -0.2) is 41.6 Å². The summed E-state index contributed by atoms with van der Waals surface area (Å²) in [6, 6.07) is 7.43. The quantitative estimate of drug-likeness (QED) is 0.484. The van der Waals surface area contributed by atoms with E-state index in [9.17, 15) is 14.7 Å². The summed E-state index contributed by atoms with van der Waals surface area (Å²) in [5.41, 5.74) is 4.75. The molecule has 2 fully saturated rings. The molecule has 0 saturated carbocycles. The predicted molar refractivity (Wildman–Crippen MR) is 125 cm³/mol. The van der Waals surface area contributed by atoms with Gasteiger partial charge in [0.25, 0.3) is 0 Å². The number of para-hydroxylation sites is 1. The number of rotatable bonds is 7. The highest BCUT2D eigenvalue weighted by atomic mass is 16.5. The molecule has 5 nitrogen and oxygen atoms in total. The highest BCUT2D eigenvalue weighted by Gasteiger charge is 2.56. The molecule has 2 saturated heterocycles. The molecular formula is C27H35NO4. The van der Waals surface area contributed by atoms with Gasteiger partial charge in [0.2, 0.25) is 11.8 Å². The summed E-state index contributed by atoms with van der Waals surface area (Å²) >= 11 is 0. The molecule has 0 radical (unpaired) electrons. The first-order valence-electron chi connectivity index (χ1n) is 12.0. The van der Waals surface area contributed by atoms with Crippen LogP contribution in [0.15, 0.2) is 41.0 Å². The highest BCUT2D eigenvalue weighted by molar-refractivity contribution is 6.05. The van der Waals surface area contributed by atoms with Crippen molar-refractivity contribution in [2.24, 2.45) is 23.7 Å². The van der Waals surface area contributed by atoms with Crippen molar-refractivity contribution in [3.05, 3.63) is 46.5 Å². The lowest BCUT2D eigenvalue weighted by Gasteiger charge is -2.33. The lowest BCUT2D eigenvalue weighted by atomic mass is 9.67. The average Bonchev–Trinajstić information content (AvgIpc) is 3.28. The van der Waals surface area contributed by atoms with Crippen LogP contribution in [0.4, 0.5) is 0 Å². The van der Waals surface area contributed by atoms with Crippen molar-refractivity contribution in [2.75, 3.05) is 13.7 Å². The van der Waals surface area contributed by atoms with Gasteiger partial charge < -0.3 is 9.84 Å². The fourth-order valence-corrected chi connectivity index (χ4v) is 5.85. The molecule has 1 N–H and O–H groups in total. The number of fused-ring (bicyclic) bond motifs is 3. The Bertz CT molecular complexity index is 960. The van der Waals surface area contributed by atoms with Gasteiger partial charge in [0.05, 0.1) is 24.5 Å². The number of aromatic hydroxyl groups is 1. The molecule has 3 aliphatic rings. The van der Waals surface area contributed by atoms with Crippen molar-refractivity contribution in [2.45, 2.75) is 59.0 Å². The second-order valence-electron chi connectivity index (χ2n) is 9.79. The Labute approximate surface area is 191 Å². The number of benzene rings is 1. The van der Waals surface area contributed by atoms with Crippen molar-refractivity contribution >= 4 is 17.9 Å². The molecule has 1 aromatic carbocycles. The summed E-state index contributed by atoms with van der Waals surface area (Å²) in [4.78, 5) is 26.9. The summed E-state index contributed by atoms with van der Waals surface area (Å²) < 4.78 is 6.29. The van der Waals surface area contributed by atoms with E-state index in [1.54, 1.807) is 13.1 Å². The molecule has 32 heavy (non-hydrogen) atoms. The van der Waals surface area contributed by atoms with Crippen LogP contribution in [0.3, 0.4) is 0 Å². The number of likely N-dealkylation sites (tertiary alicyclic amines) is 1. The van der Waals surface area contributed by atoms with Gasteiger partial charge in [-0.2, -0.15) is 0 Å². The minimum absolute atomic E-state index is 0.00298. The largest absolute Gasteiger partial charge is 0.507 e. The fourth-order valence-electron chi connectivity index (χ4n) is 5.85. The van der Waals surface area contributed by atoms with Gasteiger partial charge in [-0.05, 0) is 43.2 Å². The smallest absolute Gasteiger partial charge is 0.233 e. The zero-order chi connectivity index (χ0) is 23.0. The summed E-state index contributed by atoms with van der Waals surface area (Å²) in [5, 5.41) is 10.2. The number of phenolic OH excluding ortho intramolecular Hbond substituents is 1. The number of carbonyl (C=O) groups is 2. The Morgan fingerprint density at radius 2 is 1.94 bits per heavy atom. The van der Waals surface area contributed by atoms with Gasteiger partial charge in [0.15, 0.2) is 0 Å². The first-order valence-corrected chi connectivity index (χ1v) is 12.0.